The fourth-order valence-electron chi connectivity index (χ4n) is 8.72. The van der Waals surface area contributed by atoms with Crippen LogP contribution in [0, 0.1) is 0 Å². The molecule has 0 saturated heterocycles. The van der Waals surface area contributed by atoms with Crippen LogP contribution in [0.25, 0.3) is 0 Å². The number of nitrogens with zero attached hydrogens (tertiary/aromatic N) is 1. The van der Waals surface area contributed by atoms with E-state index in [0.29, 0.717) is 12.8 Å². The fourth-order valence-corrected chi connectivity index (χ4v) is 8.72. The monoisotopic (exact) mass is 894 g/mol. The molecule has 2 unspecified atom stereocenters. The van der Waals surface area contributed by atoms with Gasteiger partial charge in [0, 0.05) is 19.3 Å². The summed E-state index contributed by atoms with van der Waals surface area (Å²) in [5, 5.41) is 11.7. The molecule has 2 atom stereocenters. The summed E-state index contributed by atoms with van der Waals surface area (Å²) in [5.41, 5.74) is 0. The molecule has 8 heteroatoms. The Morgan fingerprint density at radius 1 is 0.413 bits per heavy atom. The van der Waals surface area contributed by atoms with Crippen molar-refractivity contribution in [3.8, 4) is 0 Å². The highest BCUT2D eigenvalue weighted by Gasteiger charge is 2.25. The molecule has 0 aliphatic heterocycles. The molecule has 0 spiro atoms. The number of likely N-dealkylation sites (N-methyl/N-ethyl adjacent to an activating group) is 1. The molecule has 0 aromatic rings. The SMILES string of the molecule is CCCCCCCCCCCCCCCCCCCCCCC(=O)OCC(COCCC(C(=O)[O-])[N+](C)(C)C)OC(=O)CCCCCCCCCCCCCCCCCCCCC. The predicted octanol–water partition coefficient (Wildman–Crippen LogP) is 14.7. The van der Waals surface area contributed by atoms with Gasteiger partial charge < -0.3 is 28.6 Å². The van der Waals surface area contributed by atoms with Crippen LogP contribution in [0.4, 0.5) is 0 Å². The van der Waals surface area contributed by atoms with E-state index in [0.717, 1.165) is 38.5 Å². The molecule has 0 amide bonds. The first-order valence-corrected chi connectivity index (χ1v) is 27.6. The number of carbonyl (C=O) groups excluding carboxylic acids is 3. The summed E-state index contributed by atoms with van der Waals surface area (Å²) < 4.78 is 17.3. The highest BCUT2D eigenvalue weighted by Crippen LogP contribution is 2.18. The first kappa shape index (κ1) is 61.3. The average molecular weight is 894 g/mol. The molecule has 0 bridgehead atoms. The molecule has 0 aromatic carbocycles. The maximum Gasteiger partial charge on any atom is 0.306 e. The number of esters is 2. The summed E-state index contributed by atoms with van der Waals surface area (Å²) in [6.45, 7) is 4.74. The van der Waals surface area contributed by atoms with Gasteiger partial charge in [0.25, 0.3) is 0 Å². The van der Waals surface area contributed by atoms with E-state index in [1.807, 2.05) is 21.1 Å². The van der Waals surface area contributed by atoms with Crippen LogP contribution in [0.15, 0.2) is 0 Å². The summed E-state index contributed by atoms with van der Waals surface area (Å²) in [4.78, 5) is 37.1. The molecule has 0 saturated carbocycles. The largest absolute Gasteiger partial charge is 0.544 e. The minimum absolute atomic E-state index is 0.0500. The highest BCUT2D eigenvalue weighted by atomic mass is 16.6. The van der Waals surface area contributed by atoms with Crippen molar-refractivity contribution in [1.29, 1.82) is 0 Å². The zero-order valence-electron chi connectivity index (χ0n) is 42.8. The summed E-state index contributed by atoms with van der Waals surface area (Å²) in [6, 6.07) is -0.720. The van der Waals surface area contributed by atoms with Gasteiger partial charge in [0.15, 0.2) is 6.10 Å². The van der Waals surface area contributed by atoms with Gasteiger partial charge in [0.1, 0.15) is 12.6 Å². The average Bonchev–Trinajstić information content (AvgIpc) is 3.24. The maximum absolute atomic E-state index is 12.8. The molecule has 0 radical (unpaired) electrons. The van der Waals surface area contributed by atoms with Crippen molar-refractivity contribution in [1.82, 2.24) is 0 Å². The molecule has 0 rings (SSSR count). The topological polar surface area (TPSA) is 102 Å². The van der Waals surface area contributed by atoms with Crippen molar-refractivity contribution in [3.05, 3.63) is 0 Å². The standard InChI is InChI=1S/C55H107NO7/c1-6-8-10-12-14-16-18-20-22-24-26-28-29-31-33-35-37-39-41-43-45-53(57)62-50-51(49-61-48-47-52(55(59)60)56(3,4)5)63-54(58)46-44-42-40-38-36-34-32-30-27-25-23-21-19-17-15-13-11-9-7-2/h51-52H,6-50H2,1-5H3. The fraction of sp³-hybridized carbons (Fsp3) is 0.945. The van der Waals surface area contributed by atoms with Crippen LogP contribution >= 0.6 is 0 Å². The third-order valence-electron chi connectivity index (χ3n) is 13.0. The Bertz CT molecular complexity index is 998. The van der Waals surface area contributed by atoms with Crippen molar-refractivity contribution < 1.29 is 38.2 Å². The lowest BCUT2D eigenvalue weighted by Gasteiger charge is -2.34. The van der Waals surface area contributed by atoms with Crippen LogP contribution in [-0.4, -0.2) is 75.5 Å². The summed E-state index contributed by atoms with van der Waals surface area (Å²) in [6.07, 6.45) is 51.4. The Balaban J connectivity index is 4.14. The smallest absolute Gasteiger partial charge is 0.306 e. The van der Waals surface area contributed by atoms with Gasteiger partial charge in [-0.05, 0) is 12.8 Å². The first-order chi connectivity index (χ1) is 30.6. The molecule has 8 nitrogen and oxygen atoms in total. The Morgan fingerprint density at radius 3 is 0.984 bits per heavy atom. The van der Waals surface area contributed by atoms with Gasteiger partial charge in [0.05, 0.1) is 40.3 Å². The molecule has 63 heavy (non-hydrogen) atoms. The van der Waals surface area contributed by atoms with E-state index in [-0.39, 0.29) is 42.7 Å². The minimum Gasteiger partial charge on any atom is -0.544 e. The Morgan fingerprint density at radius 2 is 0.698 bits per heavy atom. The summed E-state index contributed by atoms with van der Waals surface area (Å²) >= 11 is 0. The highest BCUT2D eigenvalue weighted by molar-refractivity contribution is 5.70. The number of carbonyl (C=O) groups is 3. The zero-order valence-corrected chi connectivity index (χ0v) is 42.8. The van der Waals surface area contributed by atoms with Crippen LogP contribution < -0.4 is 5.11 Å². The van der Waals surface area contributed by atoms with Gasteiger partial charge in [-0.15, -0.1) is 0 Å². The second kappa shape index (κ2) is 46.8. The van der Waals surface area contributed by atoms with E-state index in [2.05, 4.69) is 13.8 Å². The van der Waals surface area contributed by atoms with Crippen LogP contribution in [0.3, 0.4) is 0 Å². The molecule has 0 aliphatic carbocycles. The second-order valence-electron chi connectivity index (χ2n) is 20.2. The number of hydrogen-bond acceptors (Lipinski definition) is 7. The first-order valence-electron chi connectivity index (χ1n) is 27.6. The Labute approximate surface area is 391 Å². The van der Waals surface area contributed by atoms with Crippen LogP contribution in [0.1, 0.15) is 284 Å². The van der Waals surface area contributed by atoms with Crippen molar-refractivity contribution in [2.24, 2.45) is 0 Å². The number of aliphatic carboxylic acids is 1. The van der Waals surface area contributed by atoms with Gasteiger partial charge in [0.2, 0.25) is 0 Å². The van der Waals surface area contributed by atoms with Gasteiger partial charge in [-0.1, -0.05) is 251 Å². The van der Waals surface area contributed by atoms with E-state index in [9.17, 15) is 19.5 Å². The molecule has 374 valence electrons. The number of quaternary nitrogens is 1. The zero-order chi connectivity index (χ0) is 46.3. The molecular weight excluding hydrogens is 787 g/mol. The molecule has 0 heterocycles. The molecule has 0 aliphatic rings. The number of carboxylic acid groups (broad SMARTS) is 1. The number of carboxylic acids is 1. The van der Waals surface area contributed by atoms with Crippen LogP contribution in [0.5, 0.6) is 0 Å². The lowest BCUT2D eigenvalue weighted by molar-refractivity contribution is -0.889. The third-order valence-corrected chi connectivity index (χ3v) is 13.0. The lowest BCUT2D eigenvalue weighted by Crippen LogP contribution is -2.55. The van der Waals surface area contributed by atoms with Gasteiger partial charge >= 0.3 is 11.9 Å². The van der Waals surface area contributed by atoms with E-state index in [1.54, 1.807) is 0 Å². The van der Waals surface area contributed by atoms with E-state index >= 15 is 0 Å². The predicted molar refractivity (Wildman–Crippen MR) is 264 cm³/mol. The van der Waals surface area contributed by atoms with Crippen molar-refractivity contribution in [2.75, 3.05) is 41.0 Å². The van der Waals surface area contributed by atoms with E-state index in [4.69, 9.17) is 14.2 Å². The number of rotatable bonds is 51. The lowest BCUT2D eigenvalue weighted by atomic mass is 10.0. The van der Waals surface area contributed by atoms with Crippen LogP contribution in [-0.2, 0) is 28.6 Å². The second-order valence-corrected chi connectivity index (χ2v) is 20.2. The van der Waals surface area contributed by atoms with Gasteiger partial charge in [-0.2, -0.15) is 0 Å². The maximum atomic E-state index is 12.8. The third kappa shape index (κ3) is 45.3. The van der Waals surface area contributed by atoms with Gasteiger partial charge in [-0.3, -0.25) is 9.59 Å². The van der Waals surface area contributed by atoms with E-state index < -0.39 is 18.1 Å². The van der Waals surface area contributed by atoms with Crippen molar-refractivity contribution >= 4 is 17.9 Å². The summed E-state index contributed by atoms with van der Waals surface area (Å²) in [5.74, 6) is -1.70. The Hall–Kier alpha value is -1.67. The van der Waals surface area contributed by atoms with Gasteiger partial charge in [-0.25, -0.2) is 0 Å². The quantitative estimate of drug-likeness (QED) is 0.0340. The number of ether oxygens (including phenoxy) is 3. The van der Waals surface area contributed by atoms with Crippen LogP contribution in [0.2, 0.25) is 0 Å². The van der Waals surface area contributed by atoms with Crippen molar-refractivity contribution in [3.63, 3.8) is 0 Å². The number of unbranched alkanes of at least 4 members (excludes halogenated alkanes) is 37. The molecular formula is C55H107NO7. The molecule has 0 fully saturated rings. The van der Waals surface area contributed by atoms with Crippen molar-refractivity contribution in [2.45, 2.75) is 296 Å². The molecule has 0 aromatic heterocycles. The number of hydrogen-bond donors (Lipinski definition) is 0. The minimum atomic E-state index is -1.12. The Kier molecular flexibility index (Phi) is 45.6. The normalized spacial score (nSPS) is 12.7. The van der Waals surface area contributed by atoms with E-state index in [1.165, 1.54) is 212 Å². The molecule has 0 N–H and O–H groups in total. The summed E-state index contributed by atoms with van der Waals surface area (Å²) in [7, 11) is 5.44.